The first-order valence-electron chi connectivity index (χ1n) is 8.78. The number of H-pyrrole nitrogens is 1. The van der Waals surface area contributed by atoms with Crippen molar-refractivity contribution >= 4 is 0 Å². The van der Waals surface area contributed by atoms with Crippen LogP contribution in [0.1, 0.15) is 19.5 Å². The largest absolute Gasteiger partial charge is 0.507 e. The summed E-state index contributed by atoms with van der Waals surface area (Å²) in [5.41, 5.74) is 5.42. The Morgan fingerprint density at radius 2 is 1.81 bits per heavy atom. The van der Waals surface area contributed by atoms with E-state index in [1.54, 1.807) is 13.2 Å². The van der Waals surface area contributed by atoms with Gasteiger partial charge in [0.05, 0.1) is 7.11 Å². The molecule has 0 spiro atoms. The van der Waals surface area contributed by atoms with Crippen LogP contribution in [0.5, 0.6) is 17.2 Å². The van der Waals surface area contributed by atoms with Crippen molar-refractivity contribution in [1.82, 2.24) is 10.2 Å². The first-order chi connectivity index (χ1) is 13.0. The molecule has 2 aromatic carbocycles. The van der Waals surface area contributed by atoms with Crippen LogP contribution in [0.2, 0.25) is 0 Å². The molecule has 5 nitrogen and oxygen atoms in total. The summed E-state index contributed by atoms with van der Waals surface area (Å²) in [5, 5.41) is 18.0. The molecule has 0 bridgehead atoms. The molecule has 3 aromatic rings. The maximum absolute atomic E-state index is 10.5. The first kappa shape index (κ1) is 18.6. The highest BCUT2D eigenvalue weighted by molar-refractivity contribution is 5.85. The van der Waals surface area contributed by atoms with Gasteiger partial charge in [0.25, 0.3) is 0 Å². The number of allylic oxidation sites excluding steroid dienone is 1. The Bertz CT molecular complexity index is 952. The second-order valence-corrected chi connectivity index (χ2v) is 6.57. The van der Waals surface area contributed by atoms with E-state index < -0.39 is 0 Å². The van der Waals surface area contributed by atoms with Gasteiger partial charge in [0.2, 0.25) is 0 Å². The van der Waals surface area contributed by atoms with E-state index in [1.165, 1.54) is 5.57 Å². The highest BCUT2D eigenvalue weighted by Gasteiger charge is 2.17. The van der Waals surface area contributed by atoms with Crippen LogP contribution in [0.25, 0.3) is 22.4 Å². The SMILES string of the molecule is COc1ccc(-c2c(-c3ccc(OCC=C(C)C)cc3O)n[nH]c2C)cc1. The average Bonchev–Trinajstić information content (AvgIpc) is 3.03. The molecule has 0 atom stereocenters. The Kier molecular flexibility index (Phi) is 5.50. The number of aromatic nitrogens is 2. The van der Waals surface area contributed by atoms with Crippen molar-refractivity contribution in [2.75, 3.05) is 13.7 Å². The molecule has 0 aliphatic heterocycles. The molecule has 0 saturated carbocycles. The van der Waals surface area contributed by atoms with Gasteiger partial charge in [0.15, 0.2) is 0 Å². The van der Waals surface area contributed by atoms with E-state index in [-0.39, 0.29) is 5.75 Å². The summed E-state index contributed by atoms with van der Waals surface area (Å²) in [6, 6.07) is 13.1. The minimum absolute atomic E-state index is 0.131. The molecule has 2 N–H and O–H groups in total. The van der Waals surface area contributed by atoms with Gasteiger partial charge in [0.1, 0.15) is 29.5 Å². The molecule has 27 heavy (non-hydrogen) atoms. The van der Waals surface area contributed by atoms with Gasteiger partial charge in [-0.05, 0) is 56.7 Å². The van der Waals surface area contributed by atoms with E-state index in [4.69, 9.17) is 9.47 Å². The van der Waals surface area contributed by atoms with Gasteiger partial charge in [-0.2, -0.15) is 5.10 Å². The molecule has 3 rings (SSSR count). The Morgan fingerprint density at radius 3 is 2.44 bits per heavy atom. The number of nitrogens with one attached hydrogen (secondary N) is 1. The second-order valence-electron chi connectivity index (χ2n) is 6.57. The number of hydrogen-bond donors (Lipinski definition) is 2. The van der Waals surface area contributed by atoms with Crippen molar-refractivity contribution in [2.45, 2.75) is 20.8 Å². The summed E-state index contributed by atoms with van der Waals surface area (Å²) in [6.07, 6.45) is 1.99. The fourth-order valence-corrected chi connectivity index (χ4v) is 2.84. The summed E-state index contributed by atoms with van der Waals surface area (Å²) in [5.74, 6) is 1.54. The molecular formula is C22H24N2O3. The van der Waals surface area contributed by atoms with Gasteiger partial charge in [-0.15, -0.1) is 0 Å². The molecule has 0 aliphatic rings. The van der Waals surface area contributed by atoms with Crippen LogP contribution < -0.4 is 9.47 Å². The number of benzene rings is 2. The number of aromatic amines is 1. The third-order valence-electron chi connectivity index (χ3n) is 4.29. The zero-order valence-corrected chi connectivity index (χ0v) is 16.0. The number of aryl methyl sites for hydroxylation is 1. The van der Waals surface area contributed by atoms with Gasteiger partial charge in [-0.3, -0.25) is 5.10 Å². The van der Waals surface area contributed by atoms with E-state index >= 15 is 0 Å². The van der Waals surface area contributed by atoms with E-state index in [9.17, 15) is 5.11 Å². The maximum Gasteiger partial charge on any atom is 0.128 e. The summed E-state index contributed by atoms with van der Waals surface area (Å²) in [7, 11) is 1.64. The standard InChI is InChI=1S/C22H24N2O3/c1-14(2)11-12-27-18-9-10-19(20(25)13-18)22-21(15(3)23-24-22)16-5-7-17(26-4)8-6-16/h5-11,13,25H,12H2,1-4H3,(H,23,24). The molecule has 0 aliphatic carbocycles. The summed E-state index contributed by atoms with van der Waals surface area (Å²) in [6.45, 7) is 6.47. The van der Waals surface area contributed by atoms with Crippen molar-refractivity contribution in [3.8, 4) is 39.6 Å². The number of aromatic hydroxyl groups is 1. The minimum atomic E-state index is 0.131. The molecule has 0 saturated heterocycles. The predicted molar refractivity (Wildman–Crippen MR) is 107 cm³/mol. The Balaban J connectivity index is 1.94. The summed E-state index contributed by atoms with van der Waals surface area (Å²) < 4.78 is 10.9. The number of phenols is 1. The third kappa shape index (κ3) is 4.14. The number of phenolic OH excluding ortho intramolecular Hbond substituents is 1. The van der Waals surface area contributed by atoms with E-state index in [0.717, 1.165) is 22.6 Å². The van der Waals surface area contributed by atoms with Gasteiger partial charge < -0.3 is 14.6 Å². The average molecular weight is 364 g/mol. The van der Waals surface area contributed by atoms with Crippen LogP contribution in [0, 0.1) is 6.92 Å². The lowest BCUT2D eigenvalue weighted by molar-refractivity contribution is 0.359. The fraction of sp³-hybridized carbons (Fsp3) is 0.227. The molecule has 0 unspecified atom stereocenters. The zero-order chi connectivity index (χ0) is 19.4. The van der Waals surface area contributed by atoms with Crippen LogP contribution in [-0.2, 0) is 0 Å². The highest BCUT2D eigenvalue weighted by atomic mass is 16.5. The Hall–Kier alpha value is -3.21. The molecule has 5 heteroatoms. The number of nitrogens with zero attached hydrogens (tertiary/aromatic N) is 1. The molecule has 0 amide bonds. The van der Waals surface area contributed by atoms with Crippen molar-refractivity contribution < 1.29 is 14.6 Å². The molecule has 140 valence electrons. The maximum atomic E-state index is 10.5. The van der Waals surface area contributed by atoms with E-state index in [1.807, 2.05) is 63.2 Å². The minimum Gasteiger partial charge on any atom is -0.507 e. The second kappa shape index (κ2) is 7.99. The van der Waals surface area contributed by atoms with Gasteiger partial charge in [-0.25, -0.2) is 0 Å². The molecule has 1 aromatic heterocycles. The quantitative estimate of drug-likeness (QED) is 0.596. The fourth-order valence-electron chi connectivity index (χ4n) is 2.84. The van der Waals surface area contributed by atoms with Gasteiger partial charge in [-0.1, -0.05) is 17.7 Å². The van der Waals surface area contributed by atoms with Gasteiger partial charge >= 0.3 is 0 Å². The zero-order valence-electron chi connectivity index (χ0n) is 16.0. The highest BCUT2D eigenvalue weighted by Crippen LogP contribution is 2.39. The lowest BCUT2D eigenvalue weighted by Crippen LogP contribution is -1.94. The Morgan fingerprint density at radius 1 is 1.11 bits per heavy atom. The number of methoxy groups -OCH3 is 1. The first-order valence-corrected chi connectivity index (χ1v) is 8.78. The normalized spacial score (nSPS) is 10.5. The van der Waals surface area contributed by atoms with Crippen molar-refractivity contribution in [2.24, 2.45) is 0 Å². The molecule has 1 heterocycles. The number of hydrogen-bond acceptors (Lipinski definition) is 4. The molecule has 0 fully saturated rings. The topological polar surface area (TPSA) is 67.4 Å². The molecule has 0 radical (unpaired) electrons. The van der Waals surface area contributed by atoms with Crippen LogP contribution in [0.3, 0.4) is 0 Å². The summed E-state index contributed by atoms with van der Waals surface area (Å²) in [4.78, 5) is 0. The number of rotatable bonds is 6. The smallest absolute Gasteiger partial charge is 0.128 e. The third-order valence-corrected chi connectivity index (χ3v) is 4.29. The Labute approximate surface area is 159 Å². The van der Waals surface area contributed by atoms with Crippen LogP contribution in [-0.4, -0.2) is 29.0 Å². The van der Waals surface area contributed by atoms with Crippen molar-refractivity contribution in [3.63, 3.8) is 0 Å². The van der Waals surface area contributed by atoms with Crippen molar-refractivity contribution in [3.05, 3.63) is 59.8 Å². The predicted octanol–water partition coefficient (Wildman–Crippen LogP) is 5.11. The molecular weight excluding hydrogens is 340 g/mol. The van der Waals surface area contributed by atoms with Crippen LogP contribution in [0.4, 0.5) is 0 Å². The summed E-state index contributed by atoms with van der Waals surface area (Å²) >= 11 is 0. The monoisotopic (exact) mass is 364 g/mol. The lowest BCUT2D eigenvalue weighted by Gasteiger charge is -2.09. The van der Waals surface area contributed by atoms with Crippen molar-refractivity contribution in [1.29, 1.82) is 0 Å². The van der Waals surface area contributed by atoms with E-state index in [0.29, 0.717) is 23.6 Å². The lowest BCUT2D eigenvalue weighted by atomic mass is 9.98. The number of ether oxygens (including phenoxy) is 2. The van der Waals surface area contributed by atoms with Crippen LogP contribution in [0.15, 0.2) is 54.1 Å². The van der Waals surface area contributed by atoms with Gasteiger partial charge in [0, 0.05) is 22.9 Å². The van der Waals surface area contributed by atoms with Crippen LogP contribution >= 0.6 is 0 Å². The van der Waals surface area contributed by atoms with E-state index in [2.05, 4.69) is 10.2 Å².